The lowest BCUT2D eigenvalue weighted by Crippen LogP contribution is -2.35. The molecule has 0 aliphatic carbocycles. The van der Waals surface area contributed by atoms with Crippen LogP contribution in [0.3, 0.4) is 0 Å². The number of aryl methyl sites for hydroxylation is 4. The molecule has 0 radical (unpaired) electrons. The zero-order valence-electron chi connectivity index (χ0n) is 19.1. The molecular formula is C25H30N2O2S2. The van der Waals surface area contributed by atoms with Gasteiger partial charge in [0.15, 0.2) is 11.6 Å². The SMILES string of the molecule is Cc1ccc(C)c(C(=S)N(C)CC(=O)CC(=O)CN(C)C(=S)c2cc(C)ccc2C)c1. The number of carbonyl (C=O) groups is 2. The molecule has 0 aliphatic heterocycles. The van der Waals surface area contributed by atoms with E-state index in [4.69, 9.17) is 24.4 Å². The van der Waals surface area contributed by atoms with E-state index in [1.165, 1.54) is 0 Å². The third-order valence-electron chi connectivity index (χ3n) is 5.16. The van der Waals surface area contributed by atoms with Crippen molar-refractivity contribution >= 4 is 46.0 Å². The first-order valence-corrected chi connectivity index (χ1v) is 11.0. The van der Waals surface area contributed by atoms with E-state index in [-0.39, 0.29) is 31.1 Å². The smallest absolute Gasteiger partial charge is 0.159 e. The van der Waals surface area contributed by atoms with E-state index in [2.05, 4.69) is 0 Å². The van der Waals surface area contributed by atoms with Crippen molar-refractivity contribution in [2.24, 2.45) is 0 Å². The fourth-order valence-corrected chi connectivity index (χ4v) is 3.92. The Balaban J connectivity index is 1.93. The molecule has 31 heavy (non-hydrogen) atoms. The molecule has 0 fully saturated rings. The Bertz CT molecular complexity index is 949. The van der Waals surface area contributed by atoms with Crippen LogP contribution in [0.15, 0.2) is 36.4 Å². The largest absolute Gasteiger partial charge is 0.358 e. The maximum atomic E-state index is 12.5. The minimum Gasteiger partial charge on any atom is -0.358 e. The van der Waals surface area contributed by atoms with Gasteiger partial charge in [0.05, 0.1) is 19.5 Å². The first kappa shape index (κ1) is 24.8. The lowest BCUT2D eigenvalue weighted by Gasteiger charge is -2.22. The maximum Gasteiger partial charge on any atom is 0.159 e. The van der Waals surface area contributed by atoms with E-state index in [1.807, 2.05) is 64.1 Å². The molecule has 2 aromatic rings. The summed E-state index contributed by atoms with van der Waals surface area (Å²) in [4.78, 5) is 29.7. The van der Waals surface area contributed by atoms with Crippen molar-refractivity contribution in [2.45, 2.75) is 34.1 Å². The molecule has 2 rings (SSSR count). The number of benzene rings is 2. The van der Waals surface area contributed by atoms with E-state index in [0.717, 1.165) is 33.4 Å². The number of nitrogens with zero attached hydrogens (tertiary/aromatic N) is 2. The Morgan fingerprint density at radius 3 is 1.42 bits per heavy atom. The highest BCUT2D eigenvalue weighted by Crippen LogP contribution is 2.15. The van der Waals surface area contributed by atoms with Gasteiger partial charge in [-0.1, -0.05) is 59.8 Å². The molecule has 0 amide bonds. The van der Waals surface area contributed by atoms with Gasteiger partial charge in [0.2, 0.25) is 0 Å². The van der Waals surface area contributed by atoms with Crippen LogP contribution in [-0.4, -0.2) is 58.5 Å². The fraction of sp³-hybridized carbons (Fsp3) is 0.360. The van der Waals surface area contributed by atoms with Crippen LogP contribution in [0.4, 0.5) is 0 Å². The number of Topliss-reactive ketones (excluding diaryl/α,β-unsaturated/α-hetero) is 2. The van der Waals surface area contributed by atoms with Gasteiger partial charge in [-0.25, -0.2) is 0 Å². The second-order valence-corrected chi connectivity index (χ2v) is 8.99. The molecule has 0 N–H and O–H groups in total. The van der Waals surface area contributed by atoms with Gasteiger partial charge in [0, 0.05) is 25.2 Å². The van der Waals surface area contributed by atoms with E-state index in [1.54, 1.807) is 23.9 Å². The van der Waals surface area contributed by atoms with Crippen molar-refractivity contribution < 1.29 is 9.59 Å². The molecule has 0 aromatic heterocycles. The molecule has 0 spiro atoms. The van der Waals surface area contributed by atoms with E-state index in [0.29, 0.717) is 9.98 Å². The van der Waals surface area contributed by atoms with E-state index >= 15 is 0 Å². The summed E-state index contributed by atoms with van der Waals surface area (Å²) in [7, 11) is 3.57. The van der Waals surface area contributed by atoms with Crippen LogP contribution in [-0.2, 0) is 9.59 Å². The molecule has 164 valence electrons. The molecule has 6 heteroatoms. The summed E-state index contributed by atoms with van der Waals surface area (Å²) in [5.41, 5.74) is 6.23. The highest BCUT2D eigenvalue weighted by atomic mass is 32.1. The van der Waals surface area contributed by atoms with Crippen LogP contribution >= 0.6 is 24.4 Å². The first-order chi connectivity index (χ1) is 14.5. The summed E-state index contributed by atoms with van der Waals surface area (Å²) in [5, 5.41) is 0. The fourth-order valence-electron chi connectivity index (χ4n) is 3.35. The summed E-state index contributed by atoms with van der Waals surface area (Å²) < 4.78 is 0. The number of rotatable bonds is 8. The van der Waals surface area contributed by atoms with E-state index in [9.17, 15) is 9.59 Å². The van der Waals surface area contributed by atoms with Crippen LogP contribution in [0, 0.1) is 27.7 Å². The van der Waals surface area contributed by atoms with Gasteiger partial charge in [-0.3, -0.25) is 9.59 Å². The Kier molecular flexibility index (Phi) is 8.60. The molecule has 2 aromatic carbocycles. The van der Waals surface area contributed by atoms with Gasteiger partial charge in [-0.2, -0.15) is 0 Å². The quantitative estimate of drug-likeness (QED) is 0.436. The summed E-state index contributed by atoms with van der Waals surface area (Å²) in [6.07, 6.45) is -0.139. The summed E-state index contributed by atoms with van der Waals surface area (Å²) in [6.45, 7) is 8.21. The minimum absolute atomic E-state index is 0.100. The second kappa shape index (κ2) is 10.7. The summed E-state index contributed by atoms with van der Waals surface area (Å²) in [6, 6.07) is 12.1. The van der Waals surface area contributed by atoms with Crippen molar-refractivity contribution in [3.63, 3.8) is 0 Å². The van der Waals surface area contributed by atoms with Crippen molar-refractivity contribution in [2.75, 3.05) is 27.2 Å². The lowest BCUT2D eigenvalue weighted by molar-refractivity contribution is -0.127. The molecule has 0 bridgehead atoms. The molecule has 0 saturated carbocycles. The number of carbonyl (C=O) groups excluding carboxylic acids is 2. The number of thiocarbonyl (C=S) groups is 2. The highest BCUT2D eigenvalue weighted by molar-refractivity contribution is 7.81. The average molecular weight is 455 g/mol. The van der Waals surface area contributed by atoms with Crippen LogP contribution < -0.4 is 0 Å². The predicted molar refractivity (Wildman–Crippen MR) is 135 cm³/mol. The number of ketones is 2. The molecule has 0 atom stereocenters. The normalized spacial score (nSPS) is 10.5. The van der Waals surface area contributed by atoms with Gasteiger partial charge >= 0.3 is 0 Å². The summed E-state index contributed by atoms with van der Waals surface area (Å²) >= 11 is 11.1. The van der Waals surface area contributed by atoms with Gasteiger partial charge in [0.1, 0.15) is 9.98 Å². The highest BCUT2D eigenvalue weighted by Gasteiger charge is 2.18. The number of hydrogen-bond donors (Lipinski definition) is 0. The number of likely N-dealkylation sites (N-methyl/N-ethyl adjacent to an activating group) is 2. The Morgan fingerprint density at radius 1 is 0.710 bits per heavy atom. The Morgan fingerprint density at radius 2 is 1.06 bits per heavy atom. The Labute approximate surface area is 196 Å². The van der Waals surface area contributed by atoms with Crippen LogP contribution in [0.5, 0.6) is 0 Å². The van der Waals surface area contributed by atoms with Gasteiger partial charge in [0.25, 0.3) is 0 Å². The average Bonchev–Trinajstić information content (AvgIpc) is 2.70. The molecule has 0 aliphatic rings. The third kappa shape index (κ3) is 6.77. The van der Waals surface area contributed by atoms with Crippen molar-refractivity contribution in [3.8, 4) is 0 Å². The zero-order chi connectivity index (χ0) is 23.3. The van der Waals surface area contributed by atoms with Gasteiger partial charge in [-0.05, 0) is 51.0 Å². The van der Waals surface area contributed by atoms with Gasteiger partial charge < -0.3 is 9.80 Å². The maximum absolute atomic E-state index is 12.5. The lowest BCUT2D eigenvalue weighted by atomic mass is 10.0. The van der Waals surface area contributed by atoms with Crippen LogP contribution in [0.1, 0.15) is 39.8 Å². The molecular weight excluding hydrogens is 424 g/mol. The molecule has 0 saturated heterocycles. The monoisotopic (exact) mass is 454 g/mol. The van der Waals surface area contributed by atoms with Crippen LogP contribution in [0.25, 0.3) is 0 Å². The molecule has 0 heterocycles. The summed E-state index contributed by atoms with van der Waals surface area (Å²) in [5.74, 6) is -0.322. The molecule has 0 unspecified atom stereocenters. The number of hydrogen-bond acceptors (Lipinski definition) is 4. The predicted octanol–water partition coefficient (Wildman–Crippen LogP) is 4.36. The minimum atomic E-state index is -0.161. The van der Waals surface area contributed by atoms with Crippen molar-refractivity contribution in [3.05, 3.63) is 69.8 Å². The topological polar surface area (TPSA) is 40.6 Å². The molecule has 4 nitrogen and oxygen atoms in total. The van der Waals surface area contributed by atoms with Crippen molar-refractivity contribution in [1.29, 1.82) is 0 Å². The second-order valence-electron chi connectivity index (χ2n) is 8.21. The standard InChI is InChI=1S/C25H30N2O2S2/c1-16-7-9-18(3)22(11-16)24(30)26(5)14-20(28)13-21(29)15-27(6)25(31)23-12-17(2)8-10-19(23)4/h7-12H,13-15H2,1-6H3. The first-order valence-electron chi connectivity index (χ1n) is 10.2. The third-order valence-corrected chi connectivity index (χ3v) is 6.22. The van der Waals surface area contributed by atoms with E-state index < -0.39 is 0 Å². The van der Waals surface area contributed by atoms with Gasteiger partial charge in [-0.15, -0.1) is 0 Å². The van der Waals surface area contributed by atoms with Crippen LogP contribution in [0.2, 0.25) is 0 Å². The van der Waals surface area contributed by atoms with Crippen molar-refractivity contribution in [1.82, 2.24) is 9.80 Å². The zero-order valence-corrected chi connectivity index (χ0v) is 20.7. The Hall–Kier alpha value is -2.44.